The van der Waals surface area contributed by atoms with Crippen molar-refractivity contribution in [2.75, 3.05) is 20.2 Å². The van der Waals surface area contributed by atoms with E-state index in [1.54, 1.807) is 4.90 Å². The number of ether oxygens (including phenoxy) is 1. The quantitative estimate of drug-likeness (QED) is 0.284. The van der Waals surface area contributed by atoms with Crippen LogP contribution >= 0.6 is 0 Å². The minimum Gasteiger partial charge on any atom is -0.376 e. The molecular weight excluding hydrogens is 442 g/mol. The van der Waals surface area contributed by atoms with Crippen molar-refractivity contribution in [2.45, 2.75) is 118 Å². The molecule has 9 atom stereocenters. The fourth-order valence-corrected chi connectivity index (χ4v) is 10.0. The number of carbonyl (C=O) groups excluding carboxylic acids is 1. The molecule has 0 aromatic rings. The SMILES string of the molecule is C=CC(=O)N(C)CCO[C@H]1CC[C@@]2(C)[C@@H](CC[C@@H]3[C@@H]2CC[C@]2(C)[C@@H]([C@H](C)CCCC(C)C)CC[C@@H]32)C1. The number of nitrogens with zero attached hydrogens (tertiary/aromatic N) is 1. The van der Waals surface area contributed by atoms with Gasteiger partial charge in [0.2, 0.25) is 5.91 Å². The zero-order chi connectivity index (χ0) is 26.1. The molecule has 3 nitrogen and oxygen atoms in total. The van der Waals surface area contributed by atoms with Gasteiger partial charge in [0.15, 0.2) is 0 Å². The number of likely N-dealkylation sites (N-methyl/N-ethyl adjacent to an activating group) is 1. The van der Waals surface area contributed by atoms with E-state index in [1.165, 1.54) is 83.1 Å². The van der Waals surface area contributed by atoms with Gasteiger partial charge in [-0.3, -0.25) is 4.79 Å². The fraction of sp³-hybridized carbons (Fsp3) is 0.909. The van der Waals surface area contributed by atoms with E-state index in [-0.39, 0.29) is 5.91 Å². The van der Waals surface area contributed by atoms with Crippen molar-refractivity contribution in [1.82, 2.24) is 4.90 Å². The lowest BCUT2D eigenvalue weighted by Crippen LogP contribution is -2.54. The van der Waals surface area contributed by atoms with E-state index < -0.39 is 0 Å². The van der Waals surface area contributed by atoms with E-state index in [0.717, 1.165) is 41.4 Å². The van der Waals surface area contributed by atoms with Crippen LogP contribution in [0.2, 0.25) is 0 Å². The van der Waals surface area contributed by atoms with Crippen LogP contribution in [0.5, 0.6) is 0 Å². The minimum absolute atomic E-state index is 0.0171. The average Bonchev–Trinajstić information content (AvgIpc) is 3.20. The van der Waals surface area contributed by atoms with Crippen molar-refractivity contribution in [3.05, 3.63) is 12.7 Å². The normalized spacial score (nSPS) is 40.8. The molecule has 0 N–H and O–H groups in total. The van der Waals surface area contributed by atoms with Crippen molar-refractivity contribution in [1.29, 1.82) is 0 Å². The predicted molar refractivity (Wildman–Crippen MR) is 151 cm³/mol. The molecule has 4 fully saturated rings. The zero-order valence-corrected chi connectivity index (χ0v) is 24.6. The summed E-state index contributed by atoms with van der Waals surface area (Å²) in [5.74, 6) is 6.37. The first-order valence-corrected chi connectivity index (χ1v) is 15.6. The number of carbonyl (C=O) groups is 1. The molecule has 0 radical (unpaired) electrons. The molecule has 3 heteroatoms. The highest BCUT2D eigenvalue weighted by Gasteiger charge is 2.60. The van der Waals surface area contributed by atoms with Gasteiger partial charge in [0, 0.05) is 13.6 Å². The van der Waals surface area contributed by atoms with Gasteiger partial charge in [0.25, 0.3) is 0 Å². The van der Waals surface area contributed by atoms with E-state index >= 15 is 0 Å². The summed E-state index contributed by atoms with van der Waals surface area (Å²) < 4.78 is 6.32. The van der Waals surface area contributed by atoms with Crippen molar-refractivity contribution in [3.63, 3.8) is 0 Å². The van der Waals surface area contributed by atoms with Gasteiger partial charge in [-0.25, -0.2) is 0 Å². The Hall–Kier alpha value is -0.830. The van der Waals surface area contributed by atoms with Crippen LogP contribution in [0.4, 0.5) is 0 Å². The summed E-state index contributed by atoms with van der Waals surface area (Å²) in [6.45, 7) is 17.6. The smallest absolute Gasteiger partial charge is 0.245 e. The summed E-state index contributed by atoms with van der Waals surface area (Å²) in [4.78, 5) is 13.5. The van der Waals surface area contributed by atoms with Gasteiger partial charge in [-0.15, -0.1) is 0 Å². The topological polar surface area (TPSA) is 29.5 Å². The molecule has 4 aliphatic rings. The molecule has 4 saturated carbocycles. The van der Waals surface area contributed by atoms with Gasteiger partial charge in [-0.2, -0.15) is 0 Å². The van der Waals surface area contributed by atoms with Crippen LogP contribution in [0.15, 0.2) is 12.7 Å². The van der Waals surface area contributed by atoms with Crippen molar-refractivity contribution in [2.24, 2.45) is 52.3 Å². The maximum Gasteiger partial charge on any atom is 0.245 e. The fourth-order valence-electron chi connectivity index (χ4n) is 10.0. The molecule has 4 aliphatic carbocycles. The lowest BCUT2D eigenvalue weighted by atomic mass is 9.44. The second kappa shape index (κ2) is 11.5. The van der Waals surface area contributed by atoms with Gasteiger partial charge in [-0.1, -0.05) is 60.5 Å². The summed E-state index contributed by atoms with van der Waals surface area (Å²) in [7, 11) is 1.84. The first-order valence-electron chi connectivity index (χ1n) is 15.6. The third kappa shape index (κ3) is 5.48. The Morgan fingerprint density at radius 1 is 1.00 bits per heavy atom. The summed E-state index contributed by atoms with van der Waals surface area (Å²) in [5, 5.41) is 0. The summed E-state index contributed by atoms with van der Waals surface area (Å²) in [6.07, 6.45) is 18.6. The Kier molecular flexibility index (Phi) is 9.01. The average molecular weight is 500 g/mol. The van der Waals surface area contributed by atoms with Gasteiger partial charge in [0.05, 0.1) is 12.7 Å². The highest BCUT2D eigenvalue weighted by atomic mass is 16.5. The third-order valence-electron chi connectivity index (χ3n) is 12.1. The van der Waals surface area contributed by atoms with Crippen molar-refractivity contribution in [3.8, 4) is 0 Å². The summed E-state index contributed by atoms with van der Waals surface area (Å²) in [5.41, 5.74) is 1.11. The zero-order valence-electron chi connectivity index (χ0n) is 24.6. The standard InChI is InChI=1S/C33H57NO2/c1-8-31(35)34(7)20-21-36-26-16-18-32(5)25(22-26)12-13-27-29-15-14-28(24(4)11-9-10-23(2)3)33(29,6)19-17-30(27)32/h8,23-30H,1,9-22H2,2-7H3/t24-,25+,26+,27+,28-,29+,30+,32+,33-/m1/s1. The van der Waals surface area contributed by atoms with Crippen LogP contribution in [-0.4, -0.2) is 37.1 Å². The van der Waals surface area contributed by atoms with Crippen LogP contribution in [0.3, 0.4) is 0 Å². The number of hydrogen-bond acceptors (Lipinski definition) is 2. The molecular formula is C33H57NO2. The van der Waals surface area contributed by atoms with E-state index in [2.05, 4.69) is 41.2 Å². The van der Waals surface area contributed by atoms with Crippen LogP contribution in [0.25, 0.3) is 0 Å². The Bertz CT molecular complexity index is 763. The van der Waals surface area contributed by atoms with E-state index in [9.17, 15) is 4.79 Å². The molecule has 0 aromatic heterocycles. The Morgan fingerprint density at radius 2 is 1.72 bits per heavy atom. The number of hydrogen-bond donors (Lipinski definition) is 0. The molecule has 206 valence electrons. The molecule has 0 heterocycles. The molecule has 0 spiro atoms. The van der Waals surface area contributed by atoms with Crippen LogP contribution in [-0.2, 0) is 9.53 Å². The lowest BCUT2D eigenvalue weighted by molar-refractivity contribution is -0.138. The van der Waals surface area contributed by atoms with Gasteiger partial charge < -0.3 is 9.64 Å². The van der Waals surface area contributed by atoms with Crippen LogP contribution in [0, 0.1) is 52.3 Å². The van der Waals surface area contributed by atoms with Crippen molar-refractivity contribution >= 4 is 5.91 Å². The van der Waals surface area contributed by atoms with Crippen LogP contribution < -0.4 is 0 Å². The molecule has 4 rings (SSSR count). The van der Waals surface area contributed by atoms with Gasteiger partial charge >= 0.3 is 0 Å². The minimum atomic E-state index is -0.0171. The summed E-state index contributed by atoms with van der Waals surface area (Å²) in [6, 6.07) is 0. The number of rotatable bonds is 10. The monoisotopic (exact) mass is 499 g/mol. The third-order valence-corrected chi connectivity index (χ3v) is 12.1. The number of fused-ring (bicyclic) bond motifs is 5. The molecule has 0 unspecified atom stereocenters. The molecule has 1 amide bonds. The first kappa shape index (κ1) is 28.2. The Morgan fingerprint density at radius 3 is 2.44 bits per heavy atom. The highest BCUT2D eigenvalue weighted by molar-refractivity contribution is 5.86. The largest absolute Gasteiger partial charge is 0.376 e. The van der Waals surface area contributed by atoms with E-state index in [0.29, 0.717) is 30.1 Å². The number of amides is 1. The molecule has 0 aliphatic heterocycles. The second-order valence-corrected chi connectivity index (χ2v) is 14.4. The Balaban J connectivity index is 1.33. The van der Waals surface area contributed by atoms with Crippen LogP contribution in [0.1, 0.15) is 112 Å². The maximum atomic E-state index is 11.7. The highest BCUT2D eigenvalue weighted by Crippen LogP contribution is 2.68. The first-order chi connectivity index (χ1) is 17.1. The summed E-state index contributed by atoms with van der Waals surface area (Å²) >= 11 is 0. The molecule has 36 heavy (non-hydrogen) atoms. The van der Waals surface area contributed by atoms with Gasteiger partial charge in [-0.05, 0) is 116 Å². The molecule has 0 aromatic carbocycles. The molecule has 0 saturated heterocycles. The molecule has 0 bridgehead atoms. The van der Waals surface area contributed by atoms with Crippen molar-refractivity contribution < 1.29 is 9.53 Å². The maximum absolute atomic E-state index is 11.7. The van der Waals surface area contributed by atoms with E-state index in [4.69, 9.17) is 4.74 Å². The lowest BCUT2D eigenvalue weighted by Gasteiger charge is -2.61. The van der Waals surface area contributed by atoms with Gasteiger partial charge in [0.1, 0.15) is 0 Å². The predicted octanol–water partition coefficient (Wildman–Crippen LogP) is 8.14. The van der Waals surface area contributed by atoms with E-state index in [1.807, 2.05) is 7.05 Å². The Labute approximate surface area is 223 Å². The second-order valence-electron chi connectivity index (χ2n) is 14.4.